The molecule has 4 rings (SSSR count). The van der Waals surface area contributed by atoms with E-state index < -0.39 is 9.84 Å². The average Bonchev–Trinajstić information content (AvgIpc) is 3.18. The molecule has 138 valence electrons. The molecule has 0 radical (unpaired) electrons. The third-order valence-electron chi connectivity index (χ3n) is 5.26. The monoisotopic (exact) mass is 374 g/mol. The van der Waals surface area contributed by atoms with Crippen molar-refractivity contribution in [3.8, 4) is 0 Å². The second-order valence-electron chi connectivity index (χ2n) is 7.21. The van der Waals surface area contributed by atoms with E-state index in [9.17, 15) is 13.2 Å². The van der Waals surface area contributed by atoms with Crippen LogP contribution in [0.2, 0.25) is 0 Å². The Bertz CT molecular complexity index is 933. The van der Waals surface area contributed by atoms with E-state index in [0.717, 1.165) is 18.7 Å². The van der Waals surface area contributed by atoms with Crippen LogP contribution in [0.4, 0.5) is 0 Å². The Balaban J connectivity index is 1.71. The van der Waals surface area contributed by atoms with Crippen LogP contribution in [0.15, 0.2) is 30.3 Å². The Kier molecular flexibility index (Phi) is 4.10. The van der Waals surface area contributed by atoms with Crippen molar-refractivity contribution in [1.29, 1.82) is 0 Å². The molecular formula is C18H22N4O3S. The van der Waals surface area contributed by atoms with E-state index in [0.29, 0.717) is 12.2 Å². The number of hydrogen-bond donors (Lipinski definition) is 1. The molecule has 26 heavy (non-hydrogen) atoms. The van der Waals surface area contributed by atoms with Crippen molar-refractivity contribution in [2.24, 2.45) is 0 Å². The molecule has 1 aromatic heterocycles. The molecule has 2 aromatic rings. The Morgan fingerprint density at radius 1 is 1.31 bits per heavy atom. The lowest BCUT2D eigenvalue weighted by molar-refractivity contribution is -0.119. The number of nitrogens with one attached hydrogen (secondary N) is 1. The number of benzene rings is 1. The molecule has 1 aliphatic heterocycles. The fraction of sp³-hybridized carbons (Fsp3) is 0.500. The van der Waals surface area contributed by atoms with Crippen LogP contribution in [0.25, 0.3) is 0 Å². The van der Waals surface area contributed by atoms with Crippen molar-refractivity contribution in [1.82, 2.24) is 20.1 Å². The van der Waals surface area contributed by atoms with Crippen molar-refractivity contribution in [3.05, 3.63) is 47.5 Å². The van der Waals surface area contributed by atoms with Crippen LogP contribution < -0.4 is 5.32 Å². The van der Waals surface area contributed by atoms with Crippen molar-refractivity contribution >= 4 is 15.7 Å². The fourth-order valence-electron chi connectivity index (χ4n) is 3.67. The molecule has 2 fully saturated rings. The van der Waals surface area contributed by atoms with Gasteiger partial charge in [0.2, 0.25) is 5.91 Å². The van der Waals surface area contributed by atoms with Gasteiger partial charge in [0, 0.05) is 6.92 Å². The zero-order valence-corrected chi connectivity index (χ0v) is 15.5. The van der Waals surface area contributed by atoms with Crippen LogP contribution in [-0.4, -0.2) is 40.6 Å². The van der Waals surface area contributed by atoms with Crippen molar-refractivity contribution in [3.63, 3.8) is 0 Å². The van der Waals surface area contributed by atoms with Gasteiger partial charge in [-0.3, -0.25) is 4.79 Å². The third kappa shape index (κ3) is 3.13. The SMILES string of the molecule is CC(=O)NCc1nc(C2(c3ccccc3)CC2)nn1C1CCS(=O)(=O)C1. The maximum Gasteiger partial charge on any atom is 0.217 e. The van der Waals surface area contributed by atoms with E-state index in [1.165, 1.54) is 12.5 Å². The fourth-order valence-corrected chi connectivity index (χ4v) is 5.36. The number of sulfone groups is 1. The van der Waals surface area contributed by atoms with Crippen LogP contribution in [0.1, 0.15) is 49.4 Å². The Labute approximate surface area is 152 Å². The van der Waals surface area contributed by atoms with Crippen molar-refractivity contribution in [2.75, 3.05) is 11.5 Å². The van der Waals surface area contributed by atoms with Gasteiger partial charge in [0.25, 0.3) is 0 Å². The highest BCUT2D eigenvalue weighted by atomic mass is 32.2. The molecule has 1 saturated carbocycles. The van der Waals surface area contributed by atoms with Crippen molar-refractivity contribution < 1.29 is 13.2 Å². The lowest BCUT2D eigenvalue weighted by atomic mass is 9.95. The summed E-state index contributed by atoms with van der Waals surface area (Å²) in [5.74, 6) is 1.47. The normalized spacial score (nSPS) is 22.9. The third-order valence-corrected chi connectivity index (χ3v) is 7.01. The molecule has 1 unspecified atom stereocenters. The number of hydrogen-bond acceptors (Lipinski definition) is 5. The molecule has 0 spiro atoms. The van der Waals surface area contributed by atoms with Gasteiger partial charge < -0.3 is 5.32 Å². The van der Waals surface area contributed by atoms with Gasteiger partial charge in [-0.2, -0.15) is 5.10 Å². The van der Waals surface area contributed by atoms with Crippen LogP contribution in [0, 0.1) is 0 Å². The van der Waals surface area contributed by atoms with E-state index in [1.807, 2.05) is 18.2 Å². The molecule has 1 saturated heterocycles. The number of aromatic nitrogens is 3. The van der Waals surface area contributed by atoms with Gasteiger partial charge in [0.15, 0.2) is 15.7 Å². The molecule has 7 nitrogen and oxygen atoms in total. The lowest BCUT2D eigenvalue weighted by Crippen LogP contribution is -2.24. The molecule has 1 N–H and O–H groups in total. The molecule has 8 heteroatoms. The zero-order valence-electron chi connectivity index (χ0n) is 14.7. The highest BCUT2D eigenvalue weighted by Crippen LogP contribution is 2.52. The van der Waals surface area contributed by atoms with Gasteiger partial charge in [0.1, 0.15) is 5.82 Å². The summed E-state index contributed by atoms with van der Waals surface area (Å²) in [4.78, 5) is 16.1. The molecule has 1 atom stereocenters. The van der Waals surface area contributed by atoms with Gasteiger partial charge >= 0.3 is 0 Å². The highest BCUT2D eigenvalue weighted by molar-refractivity contribution is 7.91. The second-order valence-corrected chi connectivity index (χ2v) is 9.44. The van der Waals surface area contributed by atoms with E-state index in [-0.39, 0.29) is 35.4 Å². The molecule has 0 bridgehead atoms. The van der Waals surface area contributed by atoms with Gasteiger partial charge in [-0.05, 0) is 24.8 Å². The molecule has 2 heterocycles. The average molecular weight is 374 g/mol. The quantitative estimate of drug-likeness (QED) is 0.853. The first kappa shape index (κ1) is 17.2. The summed E-state index contributed by atoms with van der Waals surface area (Å²) in [7, 11) is -3.03. The predicted octanol–water partition coefficient (Wildman–Crippen LogP) is 1.35. The van der Waals surface area contributed by atoms with Crippen LogP contribution in [0.5, 0.6) is 0 Å². The van der Waals surface area contributed by atoms with Crippen molar-refractivity contribution in [2.45, 2.75) is 44.2 Å². The number of rotatable bonds is 5. The summed E-state index contributed by atoms with van der Waals surface area (Å²) in [5, 5.41) is 7.50. The first-order valence-corrected chi connectivity index (χ1v) is 10.7. The predicted molar refractivity (Wildman–Crippen MR) is 96.3 cm³/mol. The van der Waals surface area contributed by atoms with Crippen LogP contribution in [0.3, 0.4) is 0 Å². The zero-order chi connectivity index (χ0) is 18.4. The second kappa shape index (κ2) is 6.19. The standard InChI is InChI=1S/C18H22N4O3S/c1-13(23)19-11-16-20-17(18(8-9-18)14-5-3-2-4-6-14)21-22(16)15-7-10-26(24,25)12-15/h2-6,15H,7-12H2,1H3,(H,19,23). The first-order chi connectivity index (χ1) is 12.4. The largest absolute Gasteiger partial charge is 0.349 e. The number of amides is 1. The summed E-state index contributed by atoms with van der Waals surface area (Å²) < 4.78 is 25.5. The molecule has 1 aromatic carbocycles. The lowest BCUT2D eigenvalue weighted by Gasteiger charge is -2.13. The highest BCUT2D eigenvalue weighted by Gasteiger charge is 2.50. The minimum Gasteiger partial charge on any atom is -0.349 e. The topological polar surface area (TPSA) is 93.9 Å². The van der Waals surface area contributed by atoms with Gasteiger partial charge in [-0.15, -0.1) is 0 Å². The Morgan fingerprint density at radius 2 is 2.04 bits per heavy atom. The van der Waals surface area contributed by atoms with E-state index in [4.69, 9.17) is 10.1 Å². The van der Waals surface area contributed by atoms with E-state index in [1.54, 1.807) is 4.68 Å². The van der Waals surface area contributed by atoms with E-state index >= 15 is 0 Å². The van der Waals surface area contributed by atoms with Gasteiger partial charge in [-0.1, -0.05) is 30.3 Å². The molecule has 1 aliphatic carbocycles. The maximum atomic E-state index is 11.9. The minimum atomic E-state index is -3.03. The number of carbonyl (C=O) groups is 1. The summed E-state index contributed by atoms with van der Waals surface area (Å²) in [6.07, 6.45) is 2.49. The Morgan fingerprint density at radius 3 is 2.62 bits per heavy atom. The Hall–Kier alpha value is -2.22. The summed E-state index contributed by atoms with van der Waals surface area (Å²) in [6, 6.07) is 9.96. The van der Waals surface area contributed by atoms with Crippen LogP contribution in [-0.2, 0) is 26.6 Å². The summed E-state index contributed by atoms with van der Waals surface area (Å²) in [5.41, 5.74) is 0.997. The minimum absolute atomic E-state index is 0.0845. The smallest absolute Gasteiger partial charge is 0.217 e. The number of carbonyl (C=O) groups excluding carboxylic acids is 1. The first-order valence-electron chi connectivity index (χ1n) is 8.86. The summed E-state index contributed by atoms with van der Waals surface area (Å²) >= 11 is 0. The van der Waals surface area contributed by atoms with E-state index in [2.05, 4.69) is 17.4 Å². The van der Waals surface area contributed by atoms with Gasteiger partial charge in [-0.25, -0.2) is 18.1 Å². The molecule has 2 aliphatic rings. The summed E-state index contributed by atoms with van der Waals surface area (Å²) in [6.45, 7) is 1.71. The van der Waals surface area contributed by atoms with Gasteiger partial charge in [0.05, 0.1) is 29.5 Å². The van der Waals surface area contributed by atoms with Crippen LogP contribution >= 0.6 is 0 Å². The molecular weight excluding hydrogens is 352 g/mol. The number of nitrogens with zero attached hydrogens (tertiary/aromatic N) is 3. The maximum absolute atomic E-state index is 11.9. The molecule has 1 amide bonds.